The van der Waals surface area contributed by atoms with Crippen LogP contribution in [-0.2, 0) is 11.2 Å². The highest BCUT2D eigenvalue weighted by molar-refractivity contribution is 6.10. The lowest BCUT2D eigenvalue weighted by molar-refractivity contribution is -0.112. The number of nitriles is 1. The maximum atomic E-state index is 12.7. The van der Waals surface area contributed by atoms with Crippen LogP contribution in [0.25, 0.3) is 6.08 Å². The molecule has 0 spiro atoms. The average Bonchev–Trinajstić information content (AvgIpc) is 3.28. The molecule has 0 aliphatic heterocycles. The van der Waals surface area contributed by atoms with Crippen LogP contribution in [0, 0.1) is 25.2 Å². The molecule has 1 aliphatic carbocycles. The van der Waals surface area contributed by atoms with Gasteiger partial charge in [0.2, 0.25) is 0 Å². The van der Waals surface area contributed by atoms with Crippen molar-refractivity contribution in [2.45, 2.75) is 58.9 Å². The van der Waals surface area contributed by atoms with E-state index in [9.17, 15) is 10.1 Å². The van der Waals surface area contributed by atoms with E-state index in [1.807, 2.05) is 31.2 Å². The van der Waals surface area contributed by atoms with E-state index in [-0.39, 0.29) is 11.5 Å². The molecule has 0 saturated heterocycles. The minimum atomic E-state index is -0.357. The number of hydrogen-bond acceptors (Lipinski definition) is 2. The van der Waals surface area contributed by atoms with Gasteiger partial charge in [0.1, 0.15) is 11.6 Å². The summed E-state index contributed by atoms with van der Waals surface area (Å²) in [4.78, 5) is 12.7. The van der Waals surface area contributed by atoms with Crippen molar-refractivity contribution in [2.24, 2.45) is 0 Å². The number of hydrogen-bond donors (Lipinski definition) is 1. The lowest BCUT2D eigenvalue weighted by atomic mass is 10.1. The molecule has 2 aromatic rings. The quantitative estimate of drug-likeness (QED) is 0.578. The Morgan fingerprint density at radius 2 is 2.00 bits per heavy atom. The highest BCUT2D eigenvalue weighted by Crippen LogP contribution is 2.33. The Morgan fingerprint density at radius 1 is 1.30 bits per heavy atom. The summed E-state index contributed by atoms with van der Waals surface area (Å²) < 4.78 is 2.37. The SMILES string of the molecule is CCc1ccccc1NC(=O)/C(C#N)=C\c1cc(C)n(C2CCCC2)c1C. The Morgan fingerprint density at radius 3 is 2.67 bits per heavy atom. The topological polar surface area (TPSA) is 57.8 Å². The number of carbonyl (C=O) groups is 1. The van der Waals surface area contributed by atoms with Crippen LogP contribution >= 0.6 is 0 Å². The van der Waals surface area contributed by atoms with E-state index in [1.54, 1.807) is 6.08 Å². The molecule has 4 nitrogen and oxygen atoms in total. The second-order valence-corrected chi connectivity index (χ2v) is 7.27. The van der Waals surface area contributed by atoms with Gasteiger partial charge in [-0.15, -0.1) is 0 Å². The average molecular weight is 361 g/mol. The van der Waals surface area contributed by atoms with Gasteiger partial charge in [-0.25, -0.2) is 0 Å². The summed E-state index contributed by atoms with van der Waals surface area (Å²) in [6, 6.07) is 12.4. The van der Waals surface area contributed by atoms with E-state index in [2.05, 4.69) is 35.9 Å². The molecule has 1 aliphatic rings. The van der Waals surface area contributed by atoms with Crippen molar-refractivity contribution in [1.82, 2.24) is 4.57 Å². The molecule has 1 N–H and O–H groups in total. The fourth-order valence-corrected chi connectivity index (χ4v) is 4.12. The standard InChI is InChI=1S/C23H27N3O/c1-4-18-9-5-8-12-22(18)25-23(27)20(15-24)14-19-13-16(2)26(17(19)3)21-10-6-7-11-21/h5,8-9,12-14,21H,4,6-7,10-11H2,1-3H3,(H,25,27)/b20-14-. The van der Waals surface area contributed by atoms with E-state index in [1.165, 1.54) is 31.4 Å². The molecule has 0 radical (unpaired) electrons. The summed E-state index contributed by atoms with van der Waals surface area (Å²) in [6.45, 7) is 6.23. The molecule has 1 heterocycles. The van der Waals surface area contributed by atoms with Crippen LogP contribution in [0.2, 0.25) is 0 Å². The first kappa shape index (κ1) is 19.0. The molecular weight excluding hydrogens is 334 g/mol. The Bertz CT molecular complexity index is 908. The van der Waals surface area contributed by atoms with Crippen LogP contribution in [0.5, 0.6) is 0 Å². The molecule has 0 atom stereocenters. The Labute approximate surface area is 161 Å². The van der Waals surface area contributed by atoms with Crippen molar-refractivity contribution in [1.29, 1.82) is 5.26 Å². The van der Waals surface area contributed by atoms with Gasteiger partial charge in [0.15, 0.2) is 0 Å². The summed E-state index contributed by atoms with van der Waals surface area (Å²) in [5.41, 5.74) is 5.24. The molecule has 1 amide bonds. The minimum absolute atomic E-state index is 0.132. The lowest BCUT2D eigenvalue weighted by Crippen LogP contribution is -2.14. The summed E-state index contributed by atoms with van der Waals surface area (Å²) in [6.07, 6.45) is 7.51. The molecule has 0 unspecified atom stereocenters. The maximum Gasteiger partial charge on any atom is 0.266 e. The number of benzene rings is 1. The van der Waals surface area contributed by atoms with Crippen LogP contribution in [0.1, 0.15) is 61.2 Å². The zero-order valence-corrected chi connectivity index (χ0v) is 16.4. The van der Waals surface area contributed by atoms with Gasteiger partial charge in [-0.05, 0) is 62.4 Å². The maximum absolute atomic E-state index is 12.7. The Balaban J connectivity index is 1.87. The zero-order chi connectivity index (χ0) is 19.4. The van der Waals surface area contributed by atoms with Gasteiger partial charge in [0, 0.05) is 23.1 Å². The van der Waals surface area contributed by atoms with E-state index in [4.69, 9.17) is 0 Å². The molecule has 27 heavy (non-hydrogen) atoms. The highest BCUT2D eigenvalue weighted by Gasteiger charge is 2.21. The van der Waals surface area contributed by atoms with Crippen molar-refractivity contribution < 1.29 is 4.79 Å². The molecule has 1 fully saturated rings. The number of rotatable bonds is 5. The first-order chi connectivity index (χ1) is 13.0. The number of amides is 1. The summed E-state index contributed by atoms with van der Waals surface area (Å²) in [7, 11) is 0. The van der Waals surface area contributed by atoms with E-state index in [0.29, 0.717) is 6.04 Å². The number of para-hydroxylation sites is 1. The van der Waals surface area contributed by atoms with Crippen LogP contribution in [0.15, 0.2) is 35.9 Å². The summed E-state index contributed by atoms with van der Waals surface area (Å²) in [5, 5.41) is 12.4. The minimum Gasteiger partial charge on any atom is -0.346 e. The largest absolute Gasteiger partial charge is 0.346 e. The van der Waals surface area contributed by atoms with Crippen LogP contribution in [0.3, 0.4) is 0 Å². The third-order valence-corrected chi connectivity index (χ3v) is 5.52. The van der Waals surface area contributed by atoms with Crippen molar-refractivity contribution in [3.8, 4) is 6.07 Å². The predicted octanol–water partition coefficient (Wildman–Crippen LogP) is 5.33. The monoisotopic (exact) mass is 361 g/mol. The molecule has 1 saturated carbocycles. The van der Waals surface area contributed by atoms with E-state index in [0.717, 1.165) is 28.9 Å². The third kappa shape index (κ3) is 3.98. The van der Waals surface area contributed by atoms with Crippen molar-refractivity contribution >= 4 is 17.7 Å². The van der Waals surface area contributed by atoms with Crippen molar-refractivity contribution in [3.63, 3.8) is 0 Å². The van der Waals surface area contributed by atoms with E-state index >= 15 is 0 Å². The van der Waals surface area contributed by atoms with Crippen molar-refractivity contribution in [2.75, 3.05) is 5.32 Å². The first-order valence-corrected chi connectivity index (χ1v) is 9.74. The second kappa shape index (κ2) is 8.26. The first-order valence-electron chi connectivity index (χ1n) is 9.74. The Hall–Kier alpha value is -2.80. The molecule has 4 heteroatoms. The molecular formula is C23H27N3O. The number of anilines is 1. The summed E-state index contributed by atoms with van der Waals surface area (Å²) >= 11 is 0. The number of nitrogens with zero attached hydrogens (tertiary/aromatic N) is 2. The van der Waals surface area contributed by atoms with Gasteiger partial charge in [0.25, 0.3) is 5.91 Å². The normalized spacial score (nSPS) is 15.0. The fourth-order valence-electron chi connectivity index (χ4n) is 4.12. The van der Waals surface area contributed by atoms with Crippen molar-refractivity contribution in [3.05, 3.63) is 58.4 Å². The van der Waals surface area contributed by atoms with Crippen LogP contribution in [0.4, 0.5) is 5.69 Å². The highest BCUT2D eigenvalue weighted by atomic mass is 16.1. The van der Waals surface area contributed by atoms with Gasteiger partial charge in [-0.1, -0.05) is 38.0 Å². The van der Waals surface area contributed by atoms with Gasteiger partial charge in [-0.3, -0.25) is 4.79 Å². The fraction of sp³-hybridized carbons (Fsp3) is 0.391. The molecule has 1 aromatic carbocycles. The van der Waals surface area contributed by atoms with Gasteiger partial charge < -0.3 is 9.88 Å². The van der Waals surface area contributed by atoms with Gasteiger partial charge in [0.05, 0.1) is 0 Å². The zero-order valence-electron chi connectivity index (χ0n) is 16.4. The smallest absolute Gasteiger partial charge is 0.266 e. The summed E-state index contributed by atoms with van der Waals surface area (Å²) in [5.74, 6) is -0.357. The van der Waals surface area contributed by atoms with Crippen LogP contribution in [-0.4, -0.2) is 10.5 Å². The number of carbonyl (C=O) groups excluding carboxylic acids is 1. The molecule has 140 valence electrons. The Kier molecular flexibility index (Phi) is 5.81. The molecule has 3 rings (SSSR count). The van der Waals surface area contributed by atoms with Gasteiger partial charge >= 0.3 is 0 Å². The molecule has 0 bridgehead atoms. The molecule has 1 aromatic heterocycles. The predicted molar refractivity (Wildman–Crippen MR) is 109 cm³/mol. The third-order valence-electron chi connectivity index (χ3n) is 5.52. The van der Waals surface area contributed by atoms with Crippen LogP contribution < -0.4 is 5.32 Å². The number of aryl methyl sites for hydroxylation is 2. The lowest BCUT2D eigenvalue weighted by Gasteiger charge is -2.17. The van der Waals surface area contributed by atoms with Gasteiger partial charge in [-0.2, -0.15) is 5.26 Å². The number of nitrogens with one attached hydrogen (secondary N) is 1. The van der Waals surface area contributed by atoms with E-state index < -0.39 is 0 Å². The second-order valence-electron chi connectivity index (χ2n) is 7.27. The number of aromatic nitrogens is 1.